The van der Waals surface area contributed by atoms with Crippen LogP contribution in [0.5, 0.6) is 0 Å². The second-order valence-corrected chi connectivity index (χ2v) is 6.86. The quantitative estimate of drug-likeness (QED) is 0.858. The number of amides is 1. The molecule has 1 aliphatic heterocycles. The van der Waals surface area contributed by atoms with Crippen molar-refractivity contribution >= 4 is 11.6 Å². The molecular weight excluding hydrogens is 324 g/mol. The van der Waals surface area contributed by atoms with Gasteiger partial charge in [-0.15, -0.1) is 0 Å². The Morgan fingerprint density at radius 1 is 1.27 bits per heavy atom. The van der Waals surface area contributed by atoms with Crippen LogP contribution in [0.4, 0.5) is 5.69 Å². The normalized spacial score (nSPS) is 14.7. The van der Waals surface area contributed by atoms with E-state index in [1.807, 2.05) is 12.3 Å². The van der Waals surface area contributed by atoms with E-state index < -0.39 is 0 Å². The standard InChI is InChI=1S/C21H28N4O/c1-4-7-17(5-2)25-11-6-8-15-12-19(24-14-20(15)25)16-9-10-18(23-13-16)21(26)22-3/h9-10,12-14,17H,4-8,11H2,1-3H3,(H,22,26). The zero-order valence-corrected chi connectivity index (χ0v) is 16.0. The molecule has 5 heteroatoms. The van der Waals surface area contributed by atoms with Crippen LogP contribution < -0.4 is 10.2 Å². The molecule has 0 aliphatic carbocycles. The second-order valence-electron chi connectivity index (χ2n) is 6.86. The minimum Gasteiger partial charge on any atom is -0.367 e. The number of rotatable bonds is 6. The lowest BCUT2D eigenvalue weighted by molar-refractivity contribution is 0.0958. The molecule has 1 amide bonds. The van der Waals surface area contributed by atoms with Gasteiger partial charge in [-0.2, -0.15) is 0 Å². The van der Waals surface area contributed by atoms with Gasteiger partial charge < -0.3 is 10.2 Å². The second kappa shape index (κ2) is 8.30. The topological polar surface area (TPSA) is 58.1 Å². The van der Waals surface area contributed by atoms with E-state index in [1.165, 1.54) is 36.9 Å². The van der Waals surface area contributed by atoms with Crippen LogP contribution in [-0.4, -0.2) is 35.5 Å². The van der Waals surface area contributed by atoms with Crippen molar-refractivity contribution in [1.29, 1.82) is 0 Å². The Bertz CT molecular complexity index is 757. The Labute approximate surface area is 155 Å². The zero-order chi connectivity index (χ0) is 18.5. The Morgan fingerprint density at radius 3 is 2.77 bits per heavy atom. The highest BCUT2D eigenvalue weighted by atomic mass is 16.1. The monoisotopic (exact) mass is 352 g/mol. The molecular formula is C21H28N4O. The van der Waals surface area contributed by atoms with Crippen molar-refractivity contribution in [2.24, 2.45) is 0 Å². The third kappa shape index (κ3) is 3.71. The van der Waals surface area contributed by atoms with Crippen molar-refractivity contribution in [3.05, 3.63) is 41.9 Å². The smallest absolute Gasteiger partial charge is 0.269 e. The molecule has 0 saturated carbocycles. The first-order valence-corrected chi connectivity index (χ1v) is 9.62. The van der Waals surface area contributed by atoms with Gasteiger partial charge in [0.2, 0.25) is 0 Å². The maximum atomic E-state index is 11.6. The minimum absolute atomic E-state index is 0.174. The molecule has 3 heterocycles. The fourth-order valence-electron chi connectivity index (χ4n) is 3.77. The summed E-state index contributed by atoms with van der Waals surface area (Å²) in [6.07, 6.45) is 9.63. The highest BCUT2D eigenvalue weighted by molar-refractivity contribution is 5.92. The van der Waals surface area contributed by atoms with Crippen LogP contribution in [0, 0.1) is 0 Å². The molecule has 2 aromatic rings. The molecule has 0 fully saturated rings. The zero-order valence-electron chi connectivity index (χ0n) is 16.0. The summed E-state index contributed by atoms with van der Waals surface area (Å²) in [6.45, 7) is 5.65. The Balaban J connectivity index is 1.87. The molecule has 0 bridgehead atoms. The van der Waals surface area contributed by atoms with Crippen LogP contribution in [0.25, 0.3) is 11.3 Å². The van der Waals surface area contributed by atoms with E-state index >= 15 is 0 Å². The van der Waals surface area contributed by atoms with E-state index in [9.17, 15) is 4.79 Å². The third-order valence-electron chi connectivity index (χ3n) is 5.17. The first-order valence-electron chi connectivity index (χ1n) is 9.62. The molecule has 0 saturated heterocycles. The fourth-order valence-corrected chi connectivity index (χ4v) is 3.77. The van der Waals surface area contributed by atoms with Crippen LogP contribution >= 0.6 is 0 Å². The van der Waals surface area contributed by atoms with E-state index in [-0.39, 0.29) is 5.91 Å². The van der Waals surface area contributed by atoms with E-state index in [4.69, 9.17) is 4.98 Å². The summed E-state index contributed by atoms with van der Waals surface area (Å²) < 4.78 is 0. The van der Waals surface area contributed by atoms with Crippen molar-refractivity contribution in [2.45, 2.75) is 52.0 Å². The predicted molar refractivity (Wildman–Crippen MR) is 106 cm³/mol. The van der Waals surface area contributed by atoms with E-state index in [2.05, 4.69) is 35.1 Å². The molecule has 2 aromatic heterocycles. The van der Waals surface area contributed by atoms with Gasteiger partial charge in [0.15, 0.2) is 0 Å². The van der Waals surface area contributed by atoms with Crippen molar-refractivity contribution in [1.82, 2.24) is 15.3 Å². The summed E-state index contributed by atoms with van der Waals surface area (Å²) in [5.74, 6) is -0.174. The molecule has 138 valence electrons. The molecule has 1 unspecified atom stereocenters. The fraction of sp³-hybridized carbons (Fsp3) is 0.476. The van der Waals surface area contributed by atoms with Gasteiger partial charge in [-0.25, -0.2) is 0 Å². The lowest BCUT2D eigenvalue weighted by Crippen LogP contribution is -2.38. The van der Waals surface area contributed by atoms with Gasteiger partial charge in [-0.3, -0.25) is 14.8 Å². The lowest BCUT2D eigenvalue weighted by Gasteiger charge is -2.37. The van der Waals surface area contributed by atoms with Crippen LogP contribution in [0.15, 0.2) is 30.6 Å². The number of hydrogen-bond donors (Lipinski definition) is 1. The number of aromatic nitrogens is 2. The molecule has 5 nitrogen and oxygen atoms in total. The van der Waals surface area contributed by atoms with Gasteiger partial charge in [-0.1, -0.05) is 20.3 Å². The summed E-state index contributed by atoms with van der Waals surface area (Å²) in [6, 6.07) is 6.45. The maximum Gasteiger partial charge on any atom is 0.269 e. The van der Waals surface area contributed by atoms with E-state index in [0.29, 0.717) is 11.7 Å². The van der Waals surface area contributed by atoms with Crippen molar-refractivity contribution in [3.8, 4) is 11.3 Å². The van der Waals surface area contributed by atoms with Crippen molar-refractivity contribution < 1.29 is 4.79 Å². The van der Waals surface area contributed by atoms with E-state index in [0.717, 1.165) is 24.2 Å². The summed E-state index contributed by atoms with van der Waals surface area (Å²) in [4.78, 5) is 23.1. The molecule has 1 N–H and O–H groups in total. The highest BCUT2D eigenvalue weighted by Crippen LogP contribution is 2.32. The first kappa shape index (κ1) is 18.4. The molecule has 26 heavy (non-hydrogen) atoms. The Kier molecular flexibility index (Phi) is 5.86. The Morgan fingerprint density at radius 2 is 2.12 bits per heavy atom. The largest absolute Gasteiger partial charge is 0.367 e. The number of pyridine rings is 2. The Hall–Kier alpha value is -2.43. The maximum absolute atomic E-state index is 11.6. The molecule has 3 rings (SSSR count). The third-order valence-corrected chi connectivity index (χ3v) is 5.17. The minimum atomic E-state index is -0.174. The summed E-state index contributed by atoms with van der Waals surface area (Å²) in [5.41, 5.74) is 4.94. The van der Waals surface area contributed by atoms with Crippen LogP contribution in [0.3, 0.4) is 0 Å². The van der Waals surface area contributed by atoms with Crippen LogP contribution in [0.2, 0.25) is 0 Å². The number of hydrogen-bond acceptors (Lipinski definition) is 4. The van der Waals surface area contributed by atoms with Crippen LogP contribution in [0.1, 0.15) is 55.6 Å². The first-order chi connectivity index (χ1) is 12.7. The number of anilines is 1. The molecule has 1 atom stereocenters. The van der Waals surface area contributed by atoms with Gasteiger partial charge in [-0.05, 0) is 49.4 Å². The molecule has 0 radical (unpaired) electrons. The average Bonchev–Trinajstić information content (AvgIpc) is 2.70. The van der Waals surface area contributed by atoms with Crippen molar-refractivity contribution in [3.63, 3.8) is 0 Å². The number of carbonyl (C=O) groups is 1. The average molecular weight is 352 g/mol. The lowest BCUT2D eigenvalue weighted by atomic mass is 9.97. The van der Waals surface area contributed by atoms with Gasteiger partial charge >= 0.3 is 0 Å². The van der Waals surface area contributed by atoms with Gasteiger partial charge in [0.05, 0.1) is 17.6 Å². The SMILES string of the molecule is CCCC(CC)N1CCCc2cc(-c3ccc(C(=O)NC)nc3)ncc21. The molecule has 0 aromatic carbocycles. The van der Waals surface area contributed by atoms with E-state index in [1.54, 1.807) is 19.3 Å². The summed E-state index contributed by atoms with van der Waals surface area (Å²) in [5, 5.41) is 2.59. The predicted octanol–water partition coefficient (Wildman–Crippen LogP) is 3.83. The van der Waals surface area contributed by atoms with Crippen molar-refractivity contribution in [2.75, 3.05) is 18.5 Å². The number of carbonyl (C=O) groups excluding carboxylic acids is 1. The summed E-state index contributed by atoms with van der Waals surface area (Å²) >= 11 is 0. The number of nitrogens with one attached hydrogen (secondary N) is 1. The van der Waals surface area contributed by atoms with Gasteiger partial charge in [0.1, 0.15) is 5.69 Å². The number of aryl methyl sites for hydroxylation is 1. The van der Waals surface area contributed by atoms with Crippen LogP contribution in [-0.2, 0) is 6.42 Å². The number of fused-ring (bicyclic) bond motifs is 1. The highest BCUT2D eigenvalue weighted by Gasteiger charge is 2.23. The summed E-state index contributed by atoms with van der Waals surface area (Å²) in [7, 11) is 1.61. The molecule has 0 spiro atoms. The van der Waals surface area contributed by atoms with Gasteiger partial charge in [0.25, 0.3) is 5.91 Å². The molecule has 1 aliphatic rings. The van der Waals surface area contributed by atoms with Gasteiger partial charge in [0, 0.05) is 31.4 Å². The number of nitrogens with zero attached hydrogens (tertiary/aromatic N) is 3.